The Morgan fingerprint density at radius 2 is 1.86 bits per heavy atom. The summed E-state index contributed by atoms with van der Waals surface area (Å²) in [6.07, 6.45) is 7.84. The van der Waals surface area contributed by atoms with E-state index >= 15 is 0 Å². The number of benzene rings is 2. The lowest BCUT2D eigenvalue weighted by Crippen LogP contribution is -2.17. The van der Waals surface area contributed by atoms with E-state index in [0.29, 0.717) is 35.2 Å². The van der Waals surface area contributed by atoms with Crippen LogP contribution in [0.1, 0.15) is 24.1 Å². The summed E-state index contributed by atoms with van der Waals surface area (Å²) in [5.74, 6) is -1.47. The quantitative estimate of drug-likeness (QED) is 0.378. The van der Waals surface area contributed by atoms with E-state index in [2.05, 4.69) is 14.8 Å². The van der Waals surface area contributed by atoms with E-state index in [1.807, 2.05) is 19.3 Å². The number of halogens is 2. The second kappa shape index (κ2) is 9.19. The van der Waals surface area contributed by atoms with Gasteiger partial charge in [0.15, 0.2) is 0 Å². The first-order valence-electron chi connectivity index (χ1n) is 11.2. The number of nitrogens with one attached hydrogen (secondary N) is 1. The number of sulfonamides is 1. The molecule has 2 heterocycles. The highest BCUT2D eigenvalue weighted by Crippen LogP contribution is 2.35. The summed E-state index contributed by atoms with van der Waals surface area (Å²) in [5, 5.41) is 3.72. The molecular weight excluding hydrogens is 484 g/mol. The van der Waals surface area contributed by atoms with Gasteiger partial charge < -0.3 is 5.73 Å². The number of pyridine rings is 1. The summed E-state index contributed by atoms with van der Waals surface area (Å²) in [4.78, 5) is 4.54. The Bertz CT molecular complexity index is 1580. The molecule has 10 heteroatoms. The fraction of sp³-hybridized carbons (Fsp3) is 0.154. The molecule has 1 saturated carbocycles. The van der Waals surface area contributed by atoms with Crippen LogP contribution in [0.3, 0.4) is 0 Å². The number of aryl methyl sites for hydroxylation is 1. The van der Waals surface area contributed by atoms with Crippen molar-refractivity contribution in [2.24, 2.45) is 12.8 Å². The molecule has 0 bridgehead atoms. The van der Waals surface area contributed by atoms with Crippen LogP contribution in [-0.4, -0.2) is 28.4 Å². The van der Waals surface area contributed by atoms with Crippen molar-refractivity contribution in [1.82, 2.24) is 14.8 Å². The standard InChI is InChI=1S/C26H23F2N5O2S/c1-33-15-19(14-31-33)16-2-7-26(30-13-16)24(12-29)18-8-17(23-6-3-20(27)11-25(23)28)9-21(10-18)32-36(34,35)22-4-5-22/h2-3,6-15,22,32H,4-5,29H2,1H3. The summed E-state index contributed by atoms with van der Waals surface area (Å²) in [6.45, 7) is 0. The van der Waals surface area contributed by atoms with Crippen LogP contribution in [0.2, 0.25) is 0 Å². The minimum atomic E-state index is -3.58. The van der Waals surface area contributed by atoms with Crippen molar-refractivity contribution >= 4 is 21.3 Å². The van der Waals surface area contributed by atoms with E-state index in [-0.39, 0.29) is 11.3 Å². The van der Waals surface area contributed by atoms with Crippen LogP contribution in [0.15, 0.2) is 73.3 Å². The predicted octanol–water partition coefficient (Wildman–Crippen LogP) is 4.68. The van der Waals surface area contributed by atoms with E-state index in [0.717, 1.165) is 23.3 Å². The first-order valence-corrected chi connectivity index (χ1v) is 12.8. The molecule has 7 nitrogen and oxygen atoms in total. The number of hydrogen-bond donors (Lipinski definition) is 2. The smallest absolute Gasteiger partial charge is 0.235 e. The Labute approximate surface area is 207 Å². The molecule has 1 fully saturated rings. The Balaban J connectivity index is 1.57. The molecule has 0 amide bonds. The van der Waals surface area contributed by atoms with Crippen LogP contribution in [-0.2, 0) is 17.1 Å². The summed E-state index contributed by atoms with van der Waals surface area (Å²) in [5.41, 5.74) is 10.1. The molecule has 0 atom stereocenters. The molecule has 0 spiro atoms. The van der Waals surface area contributed by atoms with E-state index in [4.69, 9.17) is 5.73 Å². The summed E-state index contributed by atoms with van der Waals surface area (Å²) in [7, 11) is -1.76. The predicted molar refractivity (Wildman–Crippen MR) is 135 cm³/mol. The highest BCUT2D eigenvalue weighted by atomic mass is 32.2. The average molecular weight is 508 g/mol. The van der Waals surface area contributed by atoms with E-state index in [1.54, 1.807) is 35.3 Å². The van der Waals surface area contributed by atoms with Crippen LogP contribution >= 0.6 is 0 Å². The van der Waals surface area contributed by atoms with Crippen molar-refractivity contribution in [3.05, 3.63) is 96.2 Å². The molecule has 4 aromatic rings. The van der Waals surface area contributed by atoms with Crippen LogP contribution < -0.4 is 10.5 Å². The van der Waals surface area contributed by atoms with Gasteiger partial charge in [-0.3, -0.25) is 14.4 Å². The van der Waals surface area contributed by atoms with Gasteiger partial charge in [-0.15, -0.1) is 0 Å². The van der Waals surface area contributed by atoms with Gasteiger partial charge in [0.05, 0.1) is 17.1 Å². The maximum Gasteiger partial charge on any atom is 0.235 e. The maximum absolute atomic E-state index is 14.7. The van der Waals surface area contributed by atoms with Crippen LogP contribution in [0.4, 0.5) is 14.5 Å². The highest BCUT2D eigenvalue weighted by molar-refractivity contribution is 7.93. The Morgan fingerprint density at radius 1 is 1.06 bits per heavy atom. The van der Waals surface area contributed by atoms with Crippen LogP contribution in [0.25, 0.3) is 27.8 Å². The Morgan fingerprint density at radius 3 is 2.47 bits per heavy atom. The highest BCUT2D eigenvalue weighted by Gasteiger charge is 2.35. The van der Waals surface area contributed by atoms with Gasteiger partial charge in [-0.05, 0) is 60.4 Å². The second-order valence-electron chi connectivity index (χ2n) is 8.68. The number of aromatic nitrogens is 3. The van der Waals surface area contributed by atoms with Gasteiger partial charge in [-0.2, -0.15) is 5.10 Å². The lowest BCUT2D eigenvalue weighted by Gasteiger charge is -2.15. The number of rotatable bonds is 7. The van der Waals surface area contributed by atoms with Gasteiger partial charge in [0.25, 0.3) is 0 Å². The first kappa shape index (κ1) is 23.7. The first-order chi connectivity index (χ1) is 17.2. The SMILES string of the molecule is Cn1cc(-c2ccc(C(=CN)c3cc(NS(=O)(=O)C4CC4)cc(-c4ccc(F)cc4F)c3)nc2)cn1. The zero-order valence-electron chi connectivity index (χ0n) is 19.3. The number of nitrogens with two attached hydrogens (primary N) is 1. The molecule has 2 aromatic carbocycles. The summed E-state index contributed by atoms with van der Waals surface area (Å²) < 4.78 is 57.7. The molecule has 36 heavy (non-hydrogen) atoms. The van der Waals surface area contributed by atoms with Gasteiger partial charge in [0.2, 0.25) is 10.0 Å². The third-order valence-electron chi connectivity index (χ3n) is 5.95. The van der Waals surface area contributed by atoms with E-state index < -0.39 is 26.9 Å². The van der Waals surface area contributed by atoms with Crippen molar-refractivity contribution in [3.8, 4) is 22.3 Å². The number of nitrogens with zero attached hydrogens (tertiary/aromatic N) is 3. The largest absolute Gasteiger partial charge is 0.404 e. The average Bonchev–Trinajstić information content (AvgIpc) is 3.62. The molecule has 0 aliphatic heterocycles. The summed E-state index contributed by atoms with van der Waals surface area (Å²) >= 11 is 0. The van der Waals surface area contributed by atoms with E-state index in [9.17, 15) is 17.2 Å². The van der Waals surface area contributed by atoms with E-state index in [1.165, 1.54) is 18.3 Å². The summed E-state index contributed by atoms with van der Waals surface area (Å²) in [6, 6.07) is 11.7. The number of hydrogen-bond acceptors (Lipinski definition) is 5. The van der Waals surface area contributed by atoms with Gasteiger partial charge in [0, 0.05) is 59.7 Å². The van der Waals surface area contributed by atoms with Crippen molar-refractivity contribution in [2.75, 3.05) is 4.72 Å². The van der Waals surface area contributed by atoms with Gasteiger partial charge in [0.1, 0.15) is 11.6 Å². The van der Waals surface area contributed by atoms with Crippen molar-refractivity contribution < 1.29 is 17.2 Å². The monoisotopic (exact) mass is 507 g/mol. The fourth-order valence-electron chi connectivity index (χ4n) is 3.97. The third-order valence-corrected chi connectivity index (χ3v) is 7.82. The molecule has 1 aliphatic carbocycles. The van der Waals surface area contributed by atoms with Gasteiger partial charge >= 0.3 is 0 Å². The zero-order chi connectivity index (χ0) is 25.4. The molecular formula is C26H23F2N5O2S. The molecule has 0 radical (unpaired) electrons. The zero-order valence-corrected chi connectivity index (χ0v) is 20.1. The lowest BCUT2D eigenvalue weighted by atomic mass is 9.96. The van der Waals surface area contributed by atoms with Gasteiger partial charge in [-0.25, -0.2) is 17.2 Å². The Hall–Kier alpha value is -4.05. The lowest BCUT2D eigenvalue weighted by molar-refractivity contribution is 0.585. The molecule has 5 rings (SSSR count). The second-order valence-corrected chi connectivity index (χ2v) is 10.6. The molecule has 2 aromatic heterocycles. The maximum atomic E-state index is 14.7. The minimum absolute atomic E-state index is 0.126. The minimum Gasteiger partial charge on any atom is -0.404 e. The van der Waals surface area contributed by atoms with Crippen molar-refractivity contribution in [1.29, 1.82) is 0 Å². The Kier molecular flexibility index (Phi) is 6.05. The molecule has 1 aliphatic rings. The fourth-order valence-corrected chi connectivity index (χ4v) is 5.34. The third kappa shape index (κ3) is 4.85. The topological polar surface area (TPSA) is 103 Å². The van der Waals surface area contributed by atoms with Crippen molar-refractivity contribution in [3.63, 3.8) is 0 Å². The molecule has 184 valence electrons. The number of anilines is 1. The van der Waals surface area contributed by atoms with Crippen LogP contribution in [0, 0.1) is 11.6 Å². The van der Waals surface area contributed by atoms with Crippen molar-refractivity contribution in [2.45, 2.75) is 18.1 Å². The van der Waals surface area contributed by atoms with Crippen LogP contribution in [0.5, 0.6) is 0 Å². The molecule has 0 saturated heterocycles. The normalized spacial score (nSPS) is 14.1. The molecule has 0 unspecified atom stereocenters. The molecule has 3 N–H and O–H groups in total. The van der Waals surface area contributed by atoms with Gasteiger partial charge in [-0.1, -0.05) is 6.07 Å².